The number of hydrogen-bond donors (Lipinski definition) is 0. The van der Waals surface area contributed by atoms with Crippen LogP contribution in [-0.2, 0) is 13.1 Å². The summed E-state index contributed by atoms with van der Waals surface area (Å²) in [6.45, 7) is 8.50. The molecule has 0 aliphatic heterocycles. The Balaban J connectivity index is 0.000000218. The number of rotatable bonds is 8. The fraction of sp³-hybridized carbons (Fsp3) is 0.0400. The van der Waals surface area contributed by atoms with Gasteiger partial charge in [0.2, 0.25) is 0 Å². The molecule has 0 radical (unpaired) electrons. The Bertz CT molecular complexity index is 2830. The summed E-state index contributed by atoms with van der Waals surface area (Å²) in [5.74, 6) is 0.689. The van der Waals surface area contributed by atoms with E-state index in [9.17, 15) is 0 Å². The summed E-state index contributed by atoms with van der Waals surface area (Å²) in [5.41, 5.74) is 11.7. The van der Waals surface area contributed by atoms with Crippen LogP contribution in [0.2, 0.25) is 0 Å². The van der Waals surface area contributed by atoms with Gasteiger partial charge >= 0.3 is 0 Å². The van der Waals surface area contributed by atoms with Crippen LogP contribution in [0.4, 0.5) is 0 Å². The van der Waals surface area contributed by atoms with Crippen LogP contribution in [0.3, 0.4) is 0 Å². The molecule has 0 saturated carbocycles. The van der Waals surface area contributed by atoms with Crippen LogP contribution < -0.4 is 0 Å². The number of aliphatic imine (C=N–C) groups is 3. The van der Waals surface area contributed by atoms with Crippen molar-refractivity contribution in [2.75, 3.05) is 0 Å². The Morgan fingerprint density at radius 1 is 0.536 bits per heavy atom. The smallest absolute Gasteiger partial charge is 0.154 e. The molecule has 9 rings (SSSR count). The molecular formula is C50H38N6. The molecule has 0 fully saturated rings. The van der Waals surface area contributed by atoms with E-state index in [2.05, 4.69) is 135 Å². The van der Waals surface area contributed by atoms with Crippen molar-refractivity contribution in [3.63, 3.8) is 0 Å². The Morgan fingerprint density at radius 2 is 1.27 bits per heavy atom. The van der Waals surface area contributed by atoms with Gasteiger partial charge in [0.25, 0.3) is 0 Å². The van der Waals surface area contributed by atoms with Gasteiger partial charge in [-0.2, -0.15) is 0 Å². The maximum Gasteiger partial charge on any atom is 0.154 e. The Morgan fingerprint density at radius 3 is 2.07 bits per heavy atom. The van der Waals surface area contributed by atoms with Crippen LogP contribution in [0.15, 0.2) is 197 Å². The quantitative estimate of drug-likeness (QED) is 0.0890. The van der Waals surface area contributed by atoms with E-state index in [-0.39, 0.29) is 0 Å². The topological polar surface area (TPSA) is 75.8 Å². The minimum Gasteiger partial charge on any atom is -0.296 e. The molecule has 6 nitrogen and oxygen atoms in total. The van der Waals surface area contributed by atoms with Crippen LogP contribution in [-0.4, -0.2) is 34.2 Å². The number of pyridine rings is 3. The first-order valence-corrected chi connectivity index (χ1v) is 18.4. The molecule has 0 aliphatic rings. The average molecular weight is 723 g/mol. The van der Waals surface area contributed by atoms with Gasteiger partial charge in [0.05, 0.1) is 29.8 Å². The summed E-state index contributed by atoms with van der Waals surface area (Å²) in [6, 6.07) is 56.3. The molecule has 56 heavy (non-hydrogen) atoms. The summed E-state index contributed by atoms with van der Waals surface area (Å²) >= 11 is 0. The van der Waals surface area contributed by atoms with Crippen LogP contribution in [0.5, 0.6) is 0 Å². The molecule has 3 heterocycles. The zero-order valence-electron chi connectivity index (χ0n) is 30.8. The third kappa shape index (κ3) is 7.77. The van der Waals surface area contributed by atoms with Crippen molar-refractivity contribution in [1.82, 2.24) is 15.0 Å². The molecule has 0 saturated heterocycles. The van der Waals surface area contributed by atoms with E-state index in [1.807, 2.05) is 79.1 Å². The number of amidine groups is 1. The summed E-state index contributed by atoms with van der Waals surface area (Å²) in [5, 5.41) is 4.52. The molecule has 0 unspecified atom stereocenters. The highest BCUT2D eigenvalue weighted by molar-refractivity contribution is 6.08. The summed E-state index contributed by atoms with van der Waals surface area (Å²) in [7, 11) is 0. The van der Waals surface area contributed by atoms with E-state index in [0.29, 0.717) is 18.9 Å². The number of aromatic nitrogens is 3. The van der Waals surface area contributed by atoms with E-state index in [0.717, 1.165) is 55.3 Å². The molecule has 9 aromatic rings. The fourth-order valence-corrected chi connectivity index (χ4v) is 6.99. The van der Waals surface area contributed by atoms with Gasteiger partial charge in [0, 0.05) is 40.5 Å². The van der Waals surface area contributed by atoms with Gasteiger partial charge < -0.3 is 0 Å². The second kappa shape index (κ2) is 16.7. The van der Waals surface area contributed by atoms with Crippen molar-refractivity contribution < 1.29 is 0 Å². The maximum absolute atomic E-state index is 4.99. The normalized spacial score (nSPS) is 11.2. The molecule has 6 aromatic carbocycles. The number of benzene rings is 6. The van der Waals surface area contributed by atoms with Gasteiger partial charge in [-0.15, -0.1) is 0 Å². The Hall–Kier alpha value is -7.44. The van der Waals surface area contributed by atoms with Gasteiger partial charge in [-0.25, -0.2) is 9.98 Å². The highest BCUT2D eigenvalue weighted by atomic mass is 14.9. The lowest BCUT2D eigenvalue weighted by Crippen LogP contribution is -1.97. The van der Waals surface area contributed by atoms with E-state index in [1.165, 1.54) is 27.5 Å². The number of fused-ring (bicyclic) bond motifs is 4. The minimum absolute atomic E-state index is 0.568. The zero-order valence-corrected chi connectivity index (χ0v) is 30.8. The van der Waals surface area contributed by atoms with Crippen LogP contribution >= 0.6 is 0 Å². The number of nitrogens with zero attached hydrogens (tertiary/aromatic N) is 6. The van der Waals surface area contributed by atoms with Crippen LogP contribution in [0, 0.1) is 0 Å². The Labute approximate surface area is 326 Å². The first kappa shape index (κ1) is 35.6. The van der Waals surface area contributed by atoms with Crippen molar-refractivity contribution >= 4 is 51.8 Å². The highest BCUT2D eigenvalue weighted by Crippen LogP contribution is 2.35. The van der Waals surface area contributed by atoms with Gasteiger partial charge in [-0.3, -0.25) is 20.0 Å². The molecule has 6 heteroatoms. The minimum atomic E-state index is 0.568. The van der Waals surface area contributed by atoms with Crippen molar-refractivity contribution in [2.45, 2.75) is 13.1 Å². The molecule has 0 N–H and O–H groups in total. The van der Waals surface area contributed by atoms with Crippen molar-refractivity contribution in [1.29, 1.82) is 0 Å². The molecule has 268 valence electrons. The highest BCUT2D eigenvalue weighted by Gasteiger charge is 2.13. The van der Waals surface area contributed by atoms with Crippen LogP contribution in [0.1, 0.15) is 16.7 Å². The van der Waals surface area contributed by atoms with E-state index in [4.69, 9.17) is 4.98 Å². The second-order valence-corrected chi connectivity index (χ2v) is 13.3. The molecule has 0 amide bonds. The lowest BCUT2D eigenvalue weighted by atomic mass is 9.92. The van der Waals surface area contributed by atoms with Gasteiger partial charge in [-0.05, 0) is 94.0 Å². The molecule has 0 atom stereocenters. The van der Waals surface area contributed by atoms with Gasteiger partial charge in [0.15, 0.2) is 5.84 Å². The summed E-state index contributed by atoms with van der Waals surface area (Å²) in [6.07, 6.45) is 5.48. The molecular weight excluding hydrogens is 685 g/mol. The van der Waals surface area contributed by atoms with Crippen molar-refractivity contribution in [2.24, 2.45) is 15.0 Å². The monoisotopic (exact) mass is 722 g/mol. The SMILES string of the molecule is C=NC(=NCc1ccccc1)c1ccccc1.C=NCc1cc(-c2ccc(-c3nc4cccnc4c4cnccc34)cc2)cc(-c2cccc3ccccc23)c1. The first-order valence-electron chi connectivity index (χ1n) is 18.4. The fourth-order valence-electron chi connectivity index (χ4n) is 6.99. The Kier molecular flexibility index (Phi) is 10.6. The number of hydrogen-bond acceptors (Lipinski definition) is 5. The van der Waals surface area contributed by atoms with E-state index in [1.54, 1.807) is 6.20 Å². The summed E-state index contributed by atoms with van der Waals surface area (Å²) in [4.78, 5) is 26.5. The summed E-state index contributed by atoms with van der Waals surface area (Å²) < 4.78 is 0. The second-order valence-electron chi connectivity index (χ2n) is 13.3. The van der Waals surface area contributed by atoms with Crippen molar-refractivity contribution in [3.8, 4) is 33.5 Å². The molecule has 0 bridgehead atoms. The van der Waals surface area contributed by atoms with E-state index < -0.39 is 0 Å². The lowest BCUT2D eigenvalue weighted by Gasteiger charge is -2.13. The first-order chi connectivity index (χ1) is 27.7. The van der Waals surface area contributed by atoms with Gasteiger partial charge in [0.1, 0.15) is 0 Å². The predicted octanol–water partition coefficient (Wildman–Crippen LogP) is 11.9. The molecule has 3 aromatic heterocycles. The van der Waals surface area contributed by atoms with Gasteiger partial charge in [-0.1, -0.05) is 127 Å². The standard InChI is InChI=1S/C35H24N4.C15H14N2/c1-36-21-23-18-27(20-28(19-23)30-9-4-7-25-6-2-3-8-29(25)30)24-11-13-26(14-12-24)34-31-15-17-37-22-32(31)35-33(39-34)10-5-16-38-35;1-16-15(14-10-6-3-7-11-14)17-12-13-8-4-2-5-9-13/h2-20,22H,1,21H2;2-11H,1,12H2. The molecule has 0 aliphatic carbocycles. The largest absolute Gasteiger partial charge is 0.296 e. The lowest BCUT2D eigenvalue weighted by molar-refractivity contribution is 1.06. The third-order valence-electron chi connectivity index (χ3n) is 9.67. The predicted molar refractivity (Wildman–Crippen MR) is 235 cm³/mol. The van der Waals surface area contributed by atoms with Crippen LogP contribution in [0.25, 0.3) is 66.1 Å². The van der Waals surface area contributed by atoms with Crippen molar-refractivity contribution in [3.05, 3.63) is 199 Å². The maximum atomic E-state index is 4.99. The van der Waals surface area contributed by atoms with E-state index >= 15 is 0 Å². The molecule has 0 spiro atoms. The third-order valence-corrected chi connectivity index (χ3v) is 9.67. The zero-order chi connectivity index (χ0) is 38.1. The average Bonchev–Trinajstić information content (AvgIpc) is 3.27.